The fraction of sp³-hybridized carbons (Fsp3) is 0.421. The van der Waals surface area contributed by atoms with Crippen LogP contribution in [-0.2, 0) is 19.2 Å². The summed E-state index contributed by atoms with van der Waals surface area (Å²) in [5, 5.41) is 7.48. The largest absolute Gasteiger partial charge is 0.328 e. The Morgan fingerprint density at radius 1 is 1.00 bits per heavy atom. The molecule has 10 heteroatoms. The molecule has 0 aliphatic carbocycles. The number of anilines is 1. The molecule has 3 fully saturated rings. The van der Waals surface area contributed by atoms with E-state index in [0.717, 1.165) is 4.90 Å². The first kappa shape index (κ1) is 19.5. The van der Waals surface area contributed by atoms with Crippen molar-refractivity contribution in [3.8, 4) is 0 Å². The number of nitrogens with one attached hydrogen (secondary N) is 3. The molecule has 4 rings (SSSR count). The van der Waals surface area contributed by atoms with Crippen LogP contribution < -0.4 is 20.9 Å². The van der Waals surface area contributed by atoms with Crippen molar-refractivity contribution in [2.45, 2.75) is 31.8 Å². The van der Waals surface area contributed by atoms with Gasteiger partial charge in [0.1, 0.15) is 0 Å². The molecule has 3 aliphatic heterocycles. The Hall–Kier alpha value is -2.78. The second-order valence-corrected chi connectivity index (χ2v) is 8.35. The molecule has 3 heterocycles. The zero-order valence-electron chi connectivity index (χ0n) is 15.7. The summed E-state index contributed by atoms with van der Waals surface area (Å²) in [6.45, 7) is 3.87. The van der Waals surface area contributed by atoms with Gasteiger partial charge in [-0.15, -0.1) is 0 Å². The lowest BCUT2D eigenvalue weighted by molar-refractivity contribution is -0.145. The standard InChI is InChI=1S/C19H19ClN4O5/c1-8(2)7-11-12-13(19(23-11)16(27)21-18(29)22-17(19)28)15(26)24(14(12)25)10-5-3-9(20)4-6-10/h3-6,8,11-13,23H,7H2,1-2H3,(H2,21,22,27,28,29). The molecule has 0 radical (unpaired) electrons. The van der Waals surface area contributed by atoms with Gasteiger partial charge >= 0.3 is 6.03 Å². The molecule has 3 N–H and O–H groups in total. The Balaban J connectivity index is 1.82. The number of carbonyl (C=O) groups is 5. The summed E-state index contributed by atoms with van der Waals surface area (Å²) in [7, 11) is 0. The number of benzene rings is 1. The van der Waals surface area contributed by atoms with E-state index in [0.29, 0.717) is 17.1 Å². The molecule has 6 amide bonds. The number of rotatable bonds is 3. The first-order chi connectivity index (χ1) is 13.7. The number of halogens is 1. The van der Waals surface area contributed by atoms with Gasteiger partial charge < -0.3 is 0 Å². The number of hydrogen-bond acceptors (Lipinski definition) is 6. The van der Waals surface area contributed by atoms with E-state index < -0.39 is 53.1 Å². The number of amides is 6. The average molecular weight is 419 g/mol. The van der Waals surface area contributed by atoms with Crippen LogP contribution in [0, 0.1) is 17.8 Å². The van der Waals surface area contributed by atoms with Crippen LogP contribution in [0.3, 0.4) is 0 Å². The van der Waals surface area contributed by atoms with Gasteiger partial charge in [0.05, 0.1) is 17.5 Å². The van der Waals surface area contributed by atoms with Gasteiger partial charge in [0, 0.05) is 11.1 Å². The zero-order chi connectivity index (χ0) is 21.1. The summed E-state index contributed by atoms with van der Waals surface area (Å²) in [5.41, 5.74) is -1.71. The van der Waals surface area contributed by atoms with Crippen molar-refractivity contribution in [1.82, 2.24) is 16.0 Å². The molecule has 3 saturated heterocycles. The van der Waals surface area contributed by atoms with Crippen LogP contribution in [0.2, 0.25) is 5.02 Å². The summed E-state index contributed by atoms with van der Waals surface area (Å²) in [6.07, 6.45) is 0.463. The van der Waals surface area contributed by atoms with Crippen LogP contribution in [0.1, 0.15) is 20.3 Å². The SMILES string of the molecule is CC(C)CC1NC2(C(=O)NC(=O)NC2=O)C2C(=O)N(c3ccc(Cl)cc3)C(=O)C12. The molecule has 1 aromatic carbocycles. The minimum absolute atomic E-state index is 0.132. The highest BCUT2D eigenvalue weighted by atomic mass is 35.5. The van der Waals surface area contributed by atoms with Crippen molar-refractivity contribution in [2.75, 3.05) is 4.90 Å². The predicted octanol–water partition coefficient (Wildman–Crippen LogP) is 0.568. The van der Waals surface area contributed by atoms with Gasteiger partial charge in [0.15, 0.2) is 5.54 Å². The normalized spacial score (nSPS) is 28.2. The first-order valence-electron chi connectivity index (χ1n) is 9.24. The lowest BCUT2D eigenvalue weighted by Crippen LogP contribution is -2.74. The van der Waals surface area contributed by atoms with E-state index in [4.69, 9.17) is 11.6 Å². The van der Waals surface area contributed by atoms with E-state index in [9.17, 15) is 24.0 Å². The van der Waals surface area contributed by atoms with Crippen molar-refractivity contribution < 1.29 is 24.0 Å². The van der Waals surface area contributed by atoms with Gasteiger partial charge in [-0.25, -0.2) is 9.69 Å². The maximum absolute atomic E-state index is 13.3. The summed E-state index contributed by atoms with van der Waals surface area (Å²) >= 11 is 5.90. The summed E-state index contributed by atoms with van der Waals surface area (Å²) in [6, 6.07) is 4.61. The molecule has 3 unspecified atom stereocenters. The van der Waals surface area contributed by atoms with E-state index in [-0.39, 0.29) is 5.92 Å². The fourth-order valence-electron chi connectivity index (χ4n) is 4.53. The Morgan fingerprint density at radius 2 is 1.59 bits per heavy atom. The number of nitrogens with zero attached hydrogens (tertiary/aromatic N) is 1. The molecule has 1 spiro atoms. The highest BCUT2D eigenvalue weighted by Gasteiger charge is 2.72. The van der Waals surface area contributed by atoms with E-state index in [1.807, 2.05) is 13.8 Å². The maximum atomic E-state index is 13.3. The molecule has 1 aromatic rings. The molecule has 152 valence electrons. The van der Waals surface area contributed by atoms with Gasteiger partial charge in [-0.3, -0.25) is 35.1 Å². The van der Waals surface area contributed by atoms with E-state index in [1.54, 1.807) is 12.1 Å². The van der Waals surface area contributed by atoms with Crippen molar-refractivity contribution in [3.63, 3.8) is 0 Å². The topological polar surface area (TPSA) is 125 Å². The smallest absolute Gasteiger partial charge is 0.291 e. The van der Waals surface area contributed by atoms with E-state index in [1.165, 1.54) is 12.1 Å². The minimum Gasteiger partial charge on any atom is -0.291 e. The van der Waals surface area contributed by atoms with Crippen LogP contribution in [0.5, 0.6) is 0 Å². The van der Waals surface area contributed by atoms with Crippen molar-refractivity contribution in [2.24, 2.45) is 17.8 Å². The quantitative estimate of drug-likeness (QED) is 0.487. The first-order valence-corrected chi connectivity index (χ1v) is 9.62. The Morgan fingerprint density at radius 3 is 2.14 bits per heavy atom. The predicted molar refractivity (Wildman–Crippen MR) is 102 cm³/mol. The lowest BCUT2D eigenvalue weighted by atomic mass is 9.77. The average Bonchev–Trinajstić information content (AvgIpc) is 3.09. The molecule has 29 heavy (non-hydrogen) atoms. The van der Waals surface area contributed by atoms with Gasteiger partial charge in [0.2, 0.25) is 11.8 Å². The number of imide groups is 3. The monoisotopic (exact) mass is 418 g/mol. The third-order valence-corrected chi connectivity index (χ3v) is 5.90. The molecular formula is C19H19ClN4O5. The Kier molecular flexibility index (Phi) is 4.47. The molecule has 9 nitrogen and oxygen atoms in total. The van der Waals surface area contributed by atoms with Gasteiger partial charge in [-0.05, 0) is 36.6 Å². The molecule has 0 aromatic heterocycles. The van der Waals surface area contributed by atoms with E-state index >= 15 is 0 Å². The highest BCUT2D eigenvalue weighted by molar-refractivity contribution is 6.32. The highest BCUT2D eigenvalue weighted by Crippen LogP contribution is 2.46. The third kappa shape index (κ3) is 2.76. The maximum Gasteiger partial charge on any atom is 0.328 e. The molecule has 0 bridgehead atoms. The van der Waals surface area contributed by atoms with Gasteiger partial charge in [-0.1, -0.05) is 25.4 Å². The van der Waals surface area contributed by atoms with Crippen LogP contribution in [0.4, 0.5) is 10.5 Å². The number of fused-ring (bicyclic) bond motifs is 2. The number of carbonyl (C=O) groups excluding carboxylic acids is 5. The van der Waals surface area contributed by atoms with Crippen LogP contribution >= 0.6 is 11.6 Å². The number of urea groups is 1. The number of hydrogen-bond donors (Lipinski definition) is 3. The Labute approximate surface area is 171 Å². The lowest BCUT2D eigenvalue weighted by Gasteiger charge is -2.34. The Bertz CT molecular complexity index is 924. The van der Waals surface area contributed by atoms with Crippen LogP contribution in [-0.4, -0.2) is 41.2 Å². The molecular weight excluding hydrogens is 400 g/mol. The second-order valence-electron chi connectivity index (χ2n) is 7.92. The van der Waals surface area contributed by atoms with Crippen LogP contribution in [0.25, 0.3) is 0 Å². The van der Waals surface area contributed by atoms with Crippen molar-refractivity contribution in [1.29, 1.82) is 0 Å². The van der Waals surface area contributed by atoms with Gasteiger partial charge in [-0.2, -0.15) is 0 Å². The van der Waals surface area contributed by atoms with Crippen molar-refractivity contribution in [3.05, 3.63) is 29.3 Å². The summed E-state index contributed by atoms with van der Waals surface area (Å²) < 4.78 is 0. The summed E-state index contributed by atoms with van der Waals surface area (Å²) in [4.78, 5) is 64.8. The van der Waals surface area contributed by atoms with E-state index in [2.05, 4.69) is 16.0 Å². The van der Waals surface area contributed by atoms with Gasteiger partial charge in [0.25, 0.3) is 11.8 Å². The minimum atomic E-state index is -2.02. The fourth-order valence-corrected chi connectivity index (χ4v) is 4.66. The third-order valence-electron chi connectivity index (χ3n) is 5.64. The zero-order valence-corrected chi connectivity index (χ0v) is 16.4. The molecule has 0 saturated carbocycles. The summed E-state index contributed by atoms with van der Waals surface area (Å²) in [5.74, 6) is -5.05. The molecule has 3 aliphatic rings. The number of barbiturate groups is 1. The van der Waals surface area contributed by atoms with Crippen molar-refractivity contribution >= 4 is 46.9 Å². The molecule has 3 atom stereocenters. The second kappa shape index (κ2) is 6.64. The van der Waals surface area contributed by atoms with Crippen LogP contribution in [0.15, 0.2) is 24.3 Å².